The van der Waals surface area contributed by atoms with Crippen LogP contribution >= 0.6 is 11.8 Å². The molecule has 5 nitrogen and oxygen atoms in total. The second-order valence-corrected chi connectivity index (χ2v) is 7.12. The van der Waals surface area contributed by atoms with Gasteiger partial charge in [0.2, 0.25) is 5.91 Å². The number of hydrogen-bond donors (Lipinski definition) is 0. The van der Waals surface area contributed by atoms with Crippen LogP contribution in [-0.2, 0) is 20.0 Å². The van der Waals surface area contributed by atoms with Crippen molar-refractivity contribution in [3.8, 4) is 6.07 Å². The molecule has 128 valence electrons. The largest absolute Gasteiger partial charge is 0.350 e. The fourth-order valence-corrected chi connectivity index (χ4v) is 3.98. The van der Waals surface area contributed by atoms with Gasteiger partial charge in [0.1, 0.15) is 0 Å². The van der Waals surface area contributed by atoms with Crippen LogP contribution in [0.4, 0.5) is 0 Å². The van der Waals surface area contributed by atoms with Gasteiger partial charge < -0.3 is 14.4 Å². The maximum absolute atomic E-state index is 12.3. The molecule has 1 aromatic carbocycles. The zero-order valence-corrected chi connectivity index (χ0v) is 14.5. The van der Waals surface area contributed by atoms with Gasteiger partial charge in [0.15, 0.2) is 6.29 Å². The summed E-state index contributed by atoms with van der Waals surface area (Å²) in [5.41, 5.74) is 1.80. The fraction of sp³-hybridized carbons (Fsp3) is 0.556. The van der Waals surface area contributed by atoms with Crippen molar-refractivity contribution < 1.29 is 14.3 Å². The number of ether oxygens (including phenoxy) is 2. The number of nitriles is 1. The molecule has 1 aromatic rings. The number of carbonyl (C=O) groups is 1. The van der Waals surface area contributed by atoms with E-state index in [4.69, 9.17) is 14.7 Å². The van der Waals surface area contributed by atoms with Crippen molar-refractivity contribution in [2.24, 2.45) is 5.92 Å². The van der Waals surface area contributed by atoms with Crippen LogP contribution in [0.15, 0.2) is 24.3 Å². The molecule has 1 amide bonds. The lowest BCUT2D eigenvalue weighted by molar-refractivity contribution is -0.134. The first-order valence-corrected chi connectivity index (χ1v) is 9.49. The van der Waals surface area contributed by atoms with E-state index in [-0.39, 0.29) is 12.2 Å². The maximum Gasteiger partial charge on any atom is 0.232 e. The van der Waals surface area contributed by atoms with E-state index < -0.39 is 0 Å². The highest BCUT2D eigenvalue weighted by Crippen LogP contribution is 2.26. The zero-order chi connectivity index (χ0) is 16.8. The fourth-order valence-electron chi connectivity index (χ4n) is 3.09. The predicted octanol–water partition coefficient (Wildman–Crippen LogP) is 2.40. The number of hydrogen-bond acceptors (Lipinski definition) is 5. The summed E-state index contributed by atoms with van der Waals surface area (Å²) in [5, 5.41) is 8.79. The van der Waals surface area contributed by atoms with Crippen molar-refractivity contribution in [2.75, 3.05) is 32.1 Å². The second kappa shape index (κ2) is 8.52. The van der Waals surface area contributed by atoms with Gasteiger partial charge in [-0.3, -0.25) is 4.79 Å². The quantitative estimate of drug-likeness (QED) is 0.819. The molecule has 6 heteroatoms. The Labute approximate surface area is 146 Å². The molecule has 2 saturated heterocycles. The molecule has 24 heavy (non-hydrogen) atoms. The van der Waals surface area contributed by atoms with Gasteiger partial charge >= 0.3 is 0 Å². The third-order valence-electron chi connectivity index (χ3n) is 4.50. The highest BCUT2D eigenvalue weighted by atomic mass is 32.2. The molecule has 0 spiro atoms. The Morgan fingerprint density at radius 2 is 1.88 bits per heavy atom. The minimum Gasteiger partial charge on any atom is -0.350 e. The van der Waals surface area contributed by atoms with Crippen LogP contribution in [0, 0.1) is 17.2 Å². The molecular formula is C18H22N2O3S. The average molecular weight is 346 g/mol. The predicted molar refractivity (Wildman–Crippen MR) is 92.3 cm³/mol. The number of amides is 1. The number of benzene rings is 1. The number of nitrogens with zero attached hydrogens (tertiary/aromatic N) is 2. The van der Waals surface area contributed by atoms with Crippen molar-refractivity contribution >= 4 is 17.7 Å². The summed E-state index contributed by atoms with van der Waals surface area (Å²) in [5.74, 6) is 1.92. The van der Waals surface area contributed by atoms with Crippen molar-refractivity contribution in [3.63, 3.8) is 0 Å². The summed E-state index contributed by atoms with van der Waals surface area (Å²) in [6, 6.07) is 9.64. The highest BCUT2D eigenvalue weighted by Gasteiger charge is 2.31. The maximum atomic E-state index is 12.3. The smallest absolute Gasteiger partial charge is 0.232 e. The summed E-state index contributed by atoms with van der Waals surface area (Å²) in [6.07, 6.45) is 1.85. The van der Waals surface area contributed by atoms with E-state index in [2.05, 4.69) is 6.07 Å². The van der Waals surface area contributed by atoms with Gasteiger partial charge in [0.05, 0.1) is 30.6 Å². The Hall–Kier alpha value is -1.55. The van der Waals surface area contributed by atoms with Crippen LogP contribution in [-0.4, -0.2) is 49.2 Å². The van der Waals surface area contributed by atoms with E-state index in [0.29, 0.717) is 30.4 Å². The second-order valence-electron chi connectivity index (χ2n) is 6.13. The molecule has 0 atom stereocenters. The number of thioether (sulfide) groups is 1. The van der Waals surface area contributed by atoms with E-state index in [1.165, 1.54) is 0 Å². The lowest BCUT2D eigenvalue weighted by atomic mass is 9.96. The standard InChI is InChI=1S/C18H22N2O3S/c19-11-14-1-3-15(4-2-14)12-24-13-17(21)20-7-5-16(6-8-20)18-22-9-10-23-18/h1-4,16,18H,5-10,12-13H2. The van der Waals surface area contributed by atoms with Crippen molar-refractivity contribution in [2.45, 2.75) is 24.9 Å². The SMILES string of the molecule is N#Cc1ccc(CSCC(=O)N2CCC(C3OCCO3)CC2)cc1. The molecule has 2 fully saturated rings. The molecule has 0 aromatic heterocycles. The van der Waals surface area contributed by atoms with Crippen molar-refractivity contribution in [3.05, 3.63) is 35.4 Å². The number of rotatable bonds is 5. The number of piperidine rings is 1. The minimum absolute atomic E-state index is 0.0620. The molecule has 0 unspecified atom stereocenters. The van der Waals surface area contributed by atoms with E-state index >= 15 is 0 Å². The van der Waals surface area contributed by atoms with Crippen LogP contribution in [0.3, 0.4) is 0 Å². The Bertz CT molecular complexity index is 585. The Morgan fingerprint density at radius 1 is 1.21 bits per heavy atom. The minimum atomic E-state index is -0.0620. The van der Waals surface area contributed by atoms with Gasteiger partial charge in [-0.25, -0.2) is 0 Å². The monoisotopic (exact) mass is 346 g/mol. The first kappa shape index (κ1) is 17.3. The van der Waals surface area contributed by atoms with Crippen LogP contribution in [0.1, 0.15) is 24.0 Å². The van der Waals surface area contributed by atoms with Crippen molar-refractivity contribution in [1.29, 1.82) is 5.26 Å². The van der Waals surface area contributed by atoms with Crippen LogP contribution in [0.2, 0.25) is 0 Å². The average Bonchev–Trinajstić information content (AvgIpc) is 3.17. The topological polar surface area (TPSA) is 62.6 Å². The summed E-state index contributed by atoms with van der Waals surface area (Å²) in [4.78, 5) is 14.3. The summed E-state index contributed by atoms with van der Waals surface area (Å²) in [6.45, 7) is 2.97. The van der Waals surface area contributed by atoms with Gasteiger partial charge in [0, 0.05) is 24.8 Å². The van der Waals surface area contributed by atoms with Gasteiger partial charge in [-0.15, -0.1) is 11.8 Å². The van der Waals surface area contributed by atoms with E-state index in [0.717, 1.165) is 37.2 Å². The molecule has 0 bridgehead atoms. The van der Waals surface area contributed by atoms with Gasteiger partial charge in [0.25, 0.3) is 0 Å². The third-order valence-corrected chi connectivity index (χ3v) is 5.49. The van der Waals surface area contributed by atoms with Gasteiger partial charge in [-0.2, -0.15) is 5.26 Å². The number of likely N-dealkylation sites (tertiary alicyclic amines) is 1. The first-order chi connectivity index (χ1) is 11.8. The molecule has 3 rings (SSSR count). The summed E-state index contributed by atoms with van der Waals surface area (Å²) < 4.78 is 11.1. The summed E-state index contributed by atoms with van der Waals surface area (Å²) >= 11 is 1.62. The lowest BCUT2D eigenvalue weighted by Gasteiger charge is -2.33. The van der Waals surface area contributed by atoms with E-state index in [1.807, 2.05) is 29.2 Å². The van der Waals surface area contributed by atoms with Crippen LogP contribution in [0.25, 0.3) is 0 Å². The Morgan fingerprint density at radius 3 is 2.50 bits per heavy atom. The van der Waals surface area contributed by atoms with Crippen molar-refractivity contribution in [1.82, 2.24) is 4.90 Å². The normalized spacial score (nSPS) is 19.4. The molecular weight excluding hydrogens is 324 g/mol. The molecule has 0 radical (unpaired) electrons. The zero-order valence-electron chi connectivity index (χ0n) is 13.6. The van der Waals surface area contributed by atoms with Crippen LogP contribution in [0.5, 0.6) is 0 Å². The lowest BCUT2D eigenvalue weighted by Crippen LogP contribution is -2.42. The molecule has 2 aliphatic rings. The molecule has 2 heterocycles. The first-order valence-electron chi connectivity index (χ1n) is 8.34. The highest BCUT2D eigenvalue weighted by molar-refractivity contribution is 7.99. The summed E-state index contributed by atoms with van der Waals surface area (Å²) in [7, 11) is 0. The Balaban J connectivity index is 1.37. The van der Waals surface area contributed by atoms with Crippen LogP contribution < -0.4 is 0 Å². The van der Waals surface area contributed by atoms with Gasteiger partial charge in [-0.05, 0) is 30.5 Å². The molecule has 0 aliphatic carbocycles. The molecule has 0 N–H and O–H groups in total. The van der Waals surface area contributed by atoms with E-state index in [1.54, 1.807) is 11.8 Å². The Kier molecular flexibility index (Phi) is 6.13. The van der Waals surface area contributed by atoms with Gasteiger partial charge in [-0.1, -0.05) is 12.1 Å². The molecule has 0 saturated carbocycles. The molecule has 2 aliphatic heterocycles. The number of carbonyl (C=O) groups excluding carboxylic acids is 1. The third kappa shape index (κ3) is 4.50. The van der Waals surface area contributed by atoms with E-state index in [9.17, 15) is 4.79 Å².